The minimum atomic E-state index is -0.723. The van der Waals surface area contributed by atoms with Gasteiger partial charge >= 0.3 is 0 Å². The second-order valence-corrected chi connectivity index (χ2v) is 9.34. The summed E-state index contributed by atoms with van der Waals surface area (Å²) in [5, 5.41) is 4.50. The first kappa shape index (κ1) is 22.9. The van der Waals surface area contributed by atoms with Gasteiger partial charge in [-0.25, -0.2) is 28.7 Å². The summed E-state index contributed by atoms with van der Waals surface area (Å²) in [6.07, 6.45) is 7.51. The average Bonchev–Trinajstić information content (AvgIpc) is 3.60. The van der Waals surface area contributed by atoms with Gasteiger partial charge in [0.1, 0.15) is 34.4 Å². The highest BCUT2D eigenvalue weighted by Crippen LogP contribution is 2.40. The summed E-state index contributed by atoms with van der Waals surface area (Å²) in [4.78, 5) is 18.7. The number of ether oxygens (including phenoxy) is 2. The van der Waals surface area contributed by atoms with Gasteiger partial charge in [0.2, 0.25) is 5.88 Å². The van der Waals surface area contributed by atoms with Crippen molar-refractivity contribution in [2.24, 2.45) is 0 Å². The Morgan fingerprint density at radius 2 is 1.97 bits per heavy atom. The summed E-state index contributed by atoms with van der Waals surface area (Å²) < 4.78 is 42.3. The quantitative estimate of drug-likeness (QED) is 0.364. The van der Waals surface area contributed by atoms with E-state index >= 15 is 0 Å². The van der Waals surface area contributed by atoms with Gasteiger partial charge in [-0.05, 0) is 51.7 Å². The van der Waals surface area contributed by atoms with Crippen LogP contribution >= 0.6 is 0 Å². The monoisotopic (exact) mass is 492 g/mol. The molecule has 0 bridgehead atoms. The number of hydrogen-bond acceptors (Lipinski definition) is 7. The van der Waals surface area contributed by atoms with E-state index in [2.05, 4.69) is 21.3 Å². The normalized spacial score (nSPS) is 20.1. The van der Waals surface area contributed by atoms with Gasteiger partial charge in [0.15, 0.2) is 5.65 Å². The summed E-state index contributed by atoms with van der Waals surface area (Å²) in [5.41, 5.74) is 2.69. The van der Waals surface area contributed by atoms with Crippen LogP contribution in [-0.2, 0) is 4.74 Å². The van der Waals surface area contributed by atoms with Crippen LogP contribution in [-0.4, -0.2) is 42.9 Å². The third kappa shape index (κ3) is 4.30. The van der Waals surface area contributed by atoms with Crippen LogP contribution in [0.2, 0.25) is 0 Å². The SMILES string of the molecule is CCOc1nc2c(-c3ccc(F)cc3F)nc([C@@H]3CCO[C@@H](c4cnn(C5CC5)c4)C3)nc2nc1C. The van der Waals surface area contributed by atoms with Gasteiger partial charge in [0.05, 0.1) is 24.9 Å². The summed E-state index contributed by atoms with van der Waals surface area (Å²) >= 11 is 0. The minimum absolute atomic E-state index is 0.0339. The second kappa shape index (κ2) is 9.16. The Labute approximate surface area is 206 Å². The summed E-state index contributed by atoms with van der Waals surface area (Å²) in [5.74, 6) is -0.538. The lowest BCUT2D eigenvalue weighted by atomic mass is 9.92. The van der Waals surface area contributed by atoms with Gasteiger partial charge < -0.3 is 9.47 Å². The van der Waals surface area contributed by atoms with Crippen molar-refractivity contribution in [1.29, 1.82) is 0 Å². The number of aromatic nitrogens is 6. The topological polar surface area (TPSA) is 87.8 Å². The maximum absolute atomic E-state index is 14.9. The lowest BCUT2D eigenvalue weighted by molar-refractivity contribution is 0.00396. The van der Waals surface area contributed by atoms with Crippen LogP contribution in [0.3, 0.4) is 0 Å². The molecule has 6 rings (SSSR count). The summed E-state index contributed by atoms with van der Waals surface area (Å²) in [7, 11) is 0. The van der Waals surface area contributed by atoms with E-state index in [9.17, 15) is 8.78 Å². The fourth-order valence-corrected chi connectivity index (χ4v) is 4.68. The van der Waals surface area contributed by atoms with Crippen LogP contribution in [0.5, 0.6) is 5.88 Å². The number of hydrogen-bond donors (Lipinski definition) is 0. The smallest absolute Gasteiger partial charge is 0.236 e. The van der Waals surface area contributed by atoms with E-state index in [1.807, 2.05) is 17.8 Å². The molecule has 1 aliphatic heterocycles. The molecule has 1 aliphatic carbocycles. The van der Waals surface area contributed by atoms with E-state index in [0.717, 1.165) is 24.5 Å². The number of halogens is 2. The first-order valence-electron chi connectivity index (χ1n) is 12.3. The molecule has 2 aliphatic rings. The van der Waals surface area contributed by atoms with Gasteiger partial charge in [-0.15, -0.1) is 0 Å². The maximum Gasteiger partial charge on any atom is 0.236 e. The summed E-state index contributed by atoms with van der Waals surface area (Å²) in [6, 6.07) is 3.92. The van der Waals surface area contributed by atoms with Crippen molar-refractivity contribution in [2.75, 3.05) is 13.2 Å². The van der Waals surface area contributed by atoms with E-state index in [1.165, 1.54) is 12.1 Å². The highest BCUT2D eigenvalue weighted by molar-refractivity contribution is 5.87. The molecule has 0 N–H and O–H groups in total. The molecule has 1 saturated heterocycles. The Morgan fingerprint density at radius 3 is 2.75 bits per heavy atom. The minimum Gasteiger partial charge on any atom is -0.477 e. The van der Waals surface area contributed by atoms with E-state index in [4.69, 9.17) is 19.4 Å². The average molecular weight is 493 g/mol. The maximum atomic E-state index is 14.9. The van der Waals surface area contributed by atoms with E-state index < -0.39 is 11.6 Å². The molecule has 186 valence electrons. The molecule has 2 atom stereocenters. The highest BCUT2D eigenvalue weighted by atomic mass is 19.1. The van der Waals surface area contributed by atoms with Crippen molar-refractivity contribution in [2.45, 2.75) is 57.6 Å². The van der Waals surface area contributed by atoms with Crippen LogP contribution in [0.25, 0.3) is 22.4 Å². The molecular weight excluding hydrogens is 466 g/mol. The first-order valence-corrected chi connectivity index (χ1v) is 12.3. The molecule has 8 nitrogen and oxygen atoms in total. The largest absolute Gasteiger partial charge is 0.477 e. The van der Waals surface area contributed by atoms with Crippen LogP contribution in [0.1, 0.15) is 67.8 Å². The van der Waals surface area contributed by atoms with Gasteiger partial charge in [0.25, 0.3) is 0 Å². The number of nitrogens with zero attached hydrogens (tertiary/aromatic N) is 6. The number of fused-ring (bicyclic) bond motifs is 1. The number of benzene rings is 1. The van der Waals surface area contributed by atoms with E-state index in [-0.39, 0.29) is 23.3 Å². The Balaban J connectivity index is 1.42. The van der Waals surface area contributed by atoms with Gasteiger partial charge in [0, 0.05) is 35.9 Å². The molecule has 0 unspecified atom stereocenters. The molecule has 36 heavy (non-hydrogen) atoms. The second-order valence-electron chi connectivity index (χ2n) is 9.34. The van der Waals surface area contributed by atoms with Crippen molar-refractivity contribution < 1.29 is 18.3 Å². The number of aryl methyl sites for hydroxylation is 1. The van der Waals surface area contributed by atoms with Crippen LogP contribution in [0.4, 0.5) is 8.78 Å². The van der Waals surface area contributed by atoms with Gasteiger partial charge in [-0.2, -0.15) is 5.10 Å². The van der Waals surface area contributed by atoms with Crippen molar-refractivity contribution in [3.63, 3.8) is 0 Å². The van der Waals surface area contributed by atoms with Gasteiger partial charge in [-0.1, -0.05) is 0 Å². The van der Waals surface area contributed by atoms with Gasteiger partial charge in [-0.3, -0.25) is 4.68 Å². The van der Waals surface area contributed by atoms with Crippen molar-refractivity contribution in [1.82, 2.24) is 29.7 Å². The van der Waals surface area contributed by atoms with Crippen molar-refractivity contribution >= 4 is 11.2 Å². The zero-order valence-electron chi connectivity index (χ0n) is 20.1. The fourth-order valence-electron chi connectivity index (χ4n) is 4.68. The standard InChI is InChI=1S/C26H26F2N6O2/c1-3-35-26-14(2)30-25-23(32-26)22(19-7-4-17(27)11-20(19)28)31-24(33-25)15-8-9-36-21(10-15)16-12-29-34(13-16)18-5-6-18/h4,7,11-13,15,18,21H,3,5-6,8-10H2,1-2H3/t15-,21-/m1/s1. The van der Waals surface area contributed by atoms with Crippen molar-refractivity contribution in [3.05, 3.63) is 59.3 Å². The predicted octanol–water partition coefficient (Wildman–Crippen LogP) is 5.24. The molecule has 2 fully saturated rings. The molecule has 4 aromatic rings. The third-order valence-electron chi connectivity index (χ3n) is 6.71. The van der Waals surface area contributed by atoms with Crippen molar-refractivity contribution in [3.8, 4) is 17.1 Å². The Hall–Kier alpha value is -3.53. The zero-order chi connectivity index (χ0) is 24.8. The Kier molecular flexibility index (Phi) is 5.83. The highest BCUT2D eigenvalue weighted by Gasteiger charge is 2.31. The molecule has 3 aromatic heterocycles. The molecule has 0 amide bonds. The van der Waals surface area contributed by atoms with Crippen LogP contribution in [0.15, 0.2) is 30.6 Å². The predicted molar refractivity (Wildman–Crippen MR) is 128 cm³/mol. The fraction of sp³-hybridized carbons (Fsp3) is 0.423. The number of rotatable bonds is 6. The van der Waals surface area contributed by atoms with E-state index in [1.54, 1.807) is 6.92 Å². The molecule has 0 radical (unpaired) electrons. The zero-order valence-corrected chi connectivity index (χ0v) is 20.1. The molecular formula is C26H26F2N6O2. The lowest BCUT2D eigenvalue weighted by Crippen LogP contribution is -2.20. The molecule has 0 spiro atoms. The molecule has 1 saturated carbocycles. The molecule has 1 aromatic carbocycles. The van der Waals surface area contributed by atoms with E-state index in [0.29, 0.717) is 60.7 Å². The third-order valence-corrected chi connectivity index (χ3v) is 6.71. The first-order chi connectivity index (χ1) is 17.5. The summed E-state index contributed by atoms with van der Waals surface area (Å²) in [6.45, 7) is 4.58. The van der Waals surface area contributed by atoms with Crippen LogP contribution < -0.4 is 4.74 Å². The Bertz CT molecular complexity index is 1440. The Morgan fingerprint density at radius 1 is 1.11 bits per heavy atom. The lowest BCUT2D eigenvalue weighted by Gasteiger charge is -2.28. The van der Waals surface area contributed by atoms with Crippen LogP contribution in [0, 0.1) is 18.6 Å². The molecule has 4 heterocycles. The molecule has 10 heteroatoms.